The van der Waals surface area contributed by atoms with Crippen LogP contribution in [-0.2, 0) is 6.18 Å². The van der Waals surface area contributed by atoms with Crippen LogP contribution in [0.1, 0.15) is 42.0 Å². The van der Waals surface area contributed by atoms with Crippen molar-refractivity contribution in [1.82, 2.24) is 0 Å². The highest BCUT2D eigenvalue weighted by Crippen LogP contribution is 2.40. The van der Waals surface area contributed by atoms with Crippen molar-refractivity contribution in [3.8, 4) is 0 Å². The van der Waals surface area contributed by atoms with Crippen molar-refractivity contribution in [3.63, 3.8) is 0 Å². The van der Waals surface area contributed by atoms with Crippen LogP contribution in [0.2, 0.25) is 10.0 Å². The molecule has 0 bridgehead atoms. The molecule has 0 fully saturated rings. The Morgan fingerprint density at radius 1 is 1.03 bits per heavy atom. The highest BCUT2D eigenvalue weighted by Gasteiger charge is 2.35. The van der Waals surface area contributed by atoms with Crippen LogP contribution >= 0.6 is 23.2 Å². The second kappa shape index (κ2) is 8.36. The van der Waals surface area contributed by atoms with Crippen LogP contribution in [0.5, 0.6) is 0 Å². The van der Waals surface area contributed by atoms with Crippen molar-refractivity contribution in [2.75, 3.05) is 0 Å². The van der Waals surface area contributed by atoms with E-state index in [1.54, 1.807) is 0 Å². The summed E-state index contributed by atoms with van der Waals surface area (Å²) < 4.78 is 69.4. The molecule has 0 aliphatic carbocycles. The molecule has 0 saturated carbocycles. The molecule has 0 aromatic heterocycles. The zero-order valence-corrected chi connectivity index (χ0v) is 16.9. The van der Waals surface area contributed by atoms with Crippen LogP contribution in [0.4, 0.5) is 22.0 Å². The van der Waals surface area contributed by atoms with E-state index in [4.69, 9.17) is 23.2 Å². The van der Waals surface area contributed by atoms with E-state index in [2.05, 4.69) is 6.58 Å². The van der Waals surface area contributed by atoms with Crippen LogP contribution in [-0.4, -0.2) is 10.8 Å². The summed E-state index contributed by atoms with van der Waals surface area (Å²) in [4.78, 5) is 0. The van der Waals surface area contributed by atoms with Gasteiger partial charge in [-0.25, -0.2) is 8.78 Å². The lowest BCUT2D eigenvalue weighted by Crippen LogP contribution is -2.22. The molecule has 1 atom stereocenters. The molecule has 2 aromatic carbocycles. The number of halogens is 7. The Kier molecular flexibility index (Phi) is 6.70. The molecule has 1 N–H and O–H groups in total. The third kappa shape index (κ3) is 5.52. The topological polar surface area (TPSA) is 20.2 Å². The first-order valence-corrected chi connectivity index (χ1v) is 9.08. The number of alkyl halides is 4. The van der Waals surface area contributed by atoms with E-state index in [0.29, 0.717) is 11.6 Å². The summed E-state index contributed by atoms with van der Waals surface area (Å²) >= 11 is 11.8. The molecular formula is C21H17Cl2F5O. The van der Waals surface area contributed by atoms with Crippen molar-refractivity contribution in [2.45, 2.75) is 31.6 Å². The van der Waals surface area contributed by atoms with Crippen LogP contribution in [0.15, 0.2) is 49.1 Å². The normalized spacial score (nSPS) is 14.0. The minimum atomic E-state index is -4.85. The quantitative estimate of drug-likeness (QED) is 0.358. The molecule has 1 unspecified atom stereocenters. The molecule has 0 spiro atoms. The third-order valence-corrected chi connectivity index (χ3v) is 5.01. The van der Waals surface area contributed by atoms with Gasteiger partial charge < -0.3 is 5.11 Å². The average Bonchev–Trinajstić information content (AvgIpc) is 2.59. The molecule has 0 aliphatic heterocycles. The molecule has 1 nitrogen and oxygen atoms in total. The molecule has 0 saturated heterocycles. The van der Waals surface area contributed by atoms with Gasteiger partial charge in [-0.3, -0.25) is 0 Å². The summed E-state index contributed by atoms with van der Waals surface area (Å²) in [5.41, 5.74) is -3.90. The van der Waals surface area contributed by atoms with E-state index < -0.39 is 46.0 Å². The first kappa shape index (κ1) is 23.2. The van der Waals surface area contributed by atoms with Crippen molar-refractivity contribution >= 4 is 34.8 Å². The van der Waals surface area contributed by atoms with E-state index >= 15 is 0 Å². The molecule has 29 heavy (non-hydrogen) atoms. The summed E-state index contributed by atoms with van der Waals surface area (Å²) in [7, 11) is 0. The average molecular weight is 451 g/mol. The largest absolute Gasteiger partial charge is 0.508 e. The number of benzene rings is 2. The van der Waals surface area contributed by atoms with Gasteiger partial charge in [0.25, 0.3) is 0 Å². The van der Waals surface area contributed by atoms with E-state index in [-0.39, 0.29) is 10.0 Å². The maximum Gasteiger partial charge on any atom is 0.417 e. The Balaban J connectivity index is 2.58. The third-order valence-electron chi connectivity index (χ3n) is 4.27. The number of aliphatic hydroxyl groups is 1. The highest BCUT2D eigenvalue weighted by molar-refractivity contribution is 6.42. The van der Waals surface area contributed by atoms with Gasteiger partial charge in [-0.15, -0.1) is 0 Å². The van der Waals surface area contributed by atoms with Crippen molar-refractivity contribution in [3.05, 3.63) is 81.4 Å². The summed E-state index contributed by atoms with van der Waals surface area (Å²) in [5, 5.41) is 9.73. The summed E-state index contributed by atoms with van der Waals surface area (Å²) in [6, 6.07) is 6.76. The molecule has 2 aromatic rings. The molecular weight excluding hydrogens is 434 g/mol. The first-order valence-electron chi connectivity index (χ1n) is 8.33. The highest BCUT2D eigenvalue weighted by atomic mass is 35.5. The van der Waals surface area contributed by atoms with E-state index in [1.165, 1.54) is 32.0 Å². The fourth-order valence-electron chi connectivity index (χ4n) is 2.82. The molecule has 0 heterocycles. The molecule has 0 radical (unpaired) electrons. The van der Waals surface area contributed by atoms with Gasteiger partial charge in [-0.2, -0.15) is 13.2 Å². The lowest BCUT2D eigenvalue weighted by Gasteiger charge is -2.25. The van der Waals surface area contributed by atoms with Crippen molar-refractivity contribution in [2.24, 2.45) is 0 Å². The fourth-order valence-corrected chi connectivity index (χ4v) is 3.12. The van der Waals surface area contributed by atoms with E-state index in [0.717, 1.165) is 18.2 Å². The zero-order chi connectivity index (χ0) is 22.1. The van der Waals surface area contributed by atoms with Gasteiger partial charge >= 0.3 is 6.18 Å². The minimum absolute atomic E-state index is 0.136. The van der Waals surface area contributed by atoms with Gasteiger partial charge in [0.1, 0.15) is 17.3 Å². The fraction of sp³-hybridized carbons (Fsp3) is 0.238. The van der Waals surface area contributed by atoms with Crippen LogP contribution in [0.25, 0.3) is 11.6 Å². The maximum absolute atomic E-state index is 14.9. The number of hydrogen-bond acceptors (Lipinski definition) is 1. The van der Waals surface area contributed by atoms with Gasteiger partial charge in [0.2, 0.25) is 0 Å². The number of hydrogen-bond donors (Lipinski definition) is 1. The lowest BCUT2D eigenvalue weighted by molar-refractivity contribution is -0.137. The Labute approximate surface area is 175 Å². The van der Waals surface area contributed by atoms with Gasteiger partial charge in [-0.05, 0) is 49.8 Å². The summed E-state index contributed by atoms with van der Waals surface area (Å²) in [6.45, 7) is 5.51. The Morgan fingerprint density at radius 3 is 2.14 bits per heavy atom. The van der Waals surface area contributed by atoms with Gasteiger partial charge in [0, 0.05) is 17.0 Å². The van der Waals surface area contributed by atoms with Gasteiger partial charge in [0.05, 0.1) is 15.6 Å². The zero-order valence-electron chi connectivity index (χ0n) is 15.4. The predicted molar refractivity (Wildman–Crippen MR) is 107 cm³/mol. The standard InChI is InChI=1S/C21H17Cl2F5O/c1-11(29)14-6-4-13(8-16(14)21(26,27)28)19(24)10-15(20(2,3)25)12-5-7-17(22)18(23)9-12/h4-10,15,29H,1H2,2-3H3/b19-10-. The molecule has 0 aliphatic rings. The maximum atomic E-state index is 14.9. The predicted octanol–water partition coefficient (Wildman–Crippen LogP) is 8.38. The molecule has 8 heteroatoms. The van der Waals surface area contributed by atoms with E-state index in [1.807, 2.05) is 0 Å². The number of allylic oxidation sites excluding steroid dienone is 1. The monoisotopic (exact) mass is 450 g/mol. The van der Waals surface area contributed by atoms with Crippen molar-refractivity contribution < 1.29 is 27.1 Å². The molecule has 156 valence electrons. The Bertz CT molecular complexity index is 959. The van der Waals surface area contributed by atoms with Crippen LogP contribution in [0.3, 0.4) is 0 Å². The summed E-state index contributed by atoms with van der Waals surface area (Å²) in [5.74, 6) is -3.02. The molecule has 0 amide bonds. The smallest absolute Gasteiger partial charge is 0.417 e. The van der Waals surface area contributed by atoms with Gasteiger partial charge in [0.15, 0.2) is 0 Å². The molecule has 2 rings (SSSR count). The van der Waals surface area contributed by atoms with Crippen molar-refractivity contribution in [1.29, 1.82) is 0 Å². The Morgan fingerprint density at radius 2 is 1.66 bits per heavy atom. The SMILES string of the molecule is C=C(O)c1ccc(/C(F)=C/C(c2ccc(Cl)c(Cl)c2)C(C)(C)F)cc1C(F)(F)F. The second-order valence-electron chi connectivity index (χ2n) is 6.94. The lowest BCUT2D eigenvalue weighted by atomic mass is 9.85. The second-order valence-corrected chi connectivity index (χ2v) is 7.75. The van der Waals surface area contributed by atoms with Crippen LogP contribution < -0.4 is 0 Å². The Hall–Kier alpha value is -2.05. The minimum Gasteiger partial charge on any atom is -0.508 e. The summed E-state index contributed by atoms with van der Waals surface area (Å²) in [6.07, 6.45) is -3.96. The number of aliphatic hydroxyl groups excluding tert-OH is 1. The first-order chi connectivity index (χ1) is 13.2. The van der Waals surface area contributed by atoms with Gasteiger partial charge in [-0.1, -0.05) is 41.9 Å². The number of rotatable bonds is 5. The van der Waals surface area contributed by atoms with Crippen LogP contribution in [0, 0.1) is 0 Å². The van der Waals surface area contributed by atoms with E-state index in [9.17, 15) is 27.1 Å².